The van der Waals surface area contributed by atoms with E-state index in [1.54, 1.807) is 19.2 Å². The molecule has 2 unspecified atom stereocenters. The molecule has 94 valence electrons. The van der Waals surface area contributed by atoms with Gasteiger partial charge in [-0.2, -0.15) is 0 Å². The molecule has 1 aromatic rings. The van der Waals surface area contributed by atoms with E-state index in [0.717, 1.165) is 12.8 Å². The first-order valence-corrected chi connectivity index (χ1v) is 5.72. The molecule has 1 aromatic carbocycles. The standard InChI is InChI=1S/C13H17FO3/c1-16-10-5-3-4-9(11(10)14)12(15)13(17-2)8-6-7-8/h3-5,8,12-13,15H,6-7H2,1-2H3. The smallest absolute Gasteiger partial charge is 0.170 e. The summed E-state index contributed by atoms with van der Waals surface area (Å²) in [5.74, 6) is -0.0296. The second kappa shape index (κ2) is 5.02. The van der Waals surface area contributed by atoms with E-state index < -0.39 is 11.9 Å². The van der Waals surface area contributed by atoms with Crippen molar-refractivity contribution >= 4 is 0 Å². The van der Waals surface area contributed by atoms with Gasteiger partial charge in [-0.3, -0.25) is 0 Å². The van der Waals surface area contributed by atoms with Crippen LogP contribution in [0.25, 0.3) is 0 Å². The normalized spacial score (nSPS) is 18.8. The predicted octanol–water partition coefficient (Wildman–Crippen LogP) is 2.29. The molecule has 1 aliphatic carbocycles. The second-order valence-electron chi connectivity index (χ2n) is 4.35. The van der Waals surface area contributed by atoms with E-state index in [2.05, 4.69) is 0 Å². The fourth-order valence-electron chi connectivity index (χ4n) is 2.09. The number of hydrogen-bond donors (Lipinski definition) is 1. The highest BCUT2D eigenvalue weighted by Crippen LogP contribution is 2.40. The summed E-state index contributed by atoms with van der Waals surface area (Å²) < 4.78 is 24.1. The maximum atomic E-state index is 14.0. The Kier molecular flexibility index (Phi) is 3.64. The van der Waals surface area contributed by atoms with Crippen molar-refractivity contribution in [2.24, 2.45) is 5.92 Å². The van der Waals surface area contributed by atoms with Gasteiger partial charge in [-0.25, -0.2) is 4.39 Å². The maximum Gasteiger partial charge on any atom is 0.170 e. The summed E-state index contributed by atoms with van der Waals surface area (Å²) in [4.78, 5) is 0. The monoisotopic (exact) mass is 240 g/mol. The summed E-state index contributed by atoms with van der Waals surface area (Å²) in [5.41, 5.74) is 0.239. The van der Waals surface area contributed by atoms with E-state index in [1.165, 1.54) is 13.2 Å². The zero-order chi connectivity index (χ0) is 12.4. The van der Waals surface area contributed by atoms with Gasteiger partial charge in [0, 0.05) is 12.7 Å². The van der Waals surface area contributed by atoms with Crippen LogP contribution < -0.4 is 4.74 Å². The summed E-state index contributed by atoms with van der Waals surface area (Å²) in [6, 6.07) is 4.77. The van der Waals surface area contributed by atoms with E-state index in [0.29, 0.717) is 5.92 Å². The average Bonchev–Trinajstić information content (AvgIpc) is 3.14. The number of benzene rings is 1. The molecule has 0 aliphatic heterocycles. The van der Waals surface area contributed by atoms with Gasteiger partial charge in [0.05, 0.1) is 13.2 Å². The zero-order valence-corrected chi connectivity index (χ0v) is 10.0. The first-order chi connectivity index (χ1) is 8.19. The van der Waals surface area contributed by atoms with Crippen LogP contribution in [0.5, 0.6) is 5.75 Å². The lowest BCUT2D eigenvalue weighted by Crippen LogP contribution is -2.24. The maximum absolute atomic E-state index is 14.0. The van der Waals surface area contributed by atoms with Crippen molar-refractivity contribution < 1.29 is 19.0 Å². The molecule has 0 heterocycles. The Morgan fingerprint density at radius 2 is 2.06 bits per heavy atom. The van der Waals surface area contributed by atoms with E-state index in [9.17, 15) is 9.50 Å². The molecular weight excluding hydrogens is 223 g/mol. The lowest BCUT2D eigenvalue weighted by molar-refractivity contribution is -0.0275. The van der Waals surface area contributed by atoms with Gasteiger partial charge >= 0.3 is 0 Å². The number of aliphatic hydroxyl groups excluding tert-OH is 1. The van der Waals surface area contributed by atoms with Crippen LogP contribution in [0.3, 0.4) is 0 Å². The van der Waals surface area contributed by atoms with E-state index in [4.69, 9.17) is 9.47 Å². The van der Waals surface area contributed by atoms with E-state index >= 15 is 0 Å². The SMILES string of the molecule is COc1cccc(C(O)C(OC)C2CC2)c1F. The average molecular weight is 240 g/mol. The fourth-order valence-corrected chi connectivity index (χ4v) is 2.09. The van der Waals surface area contributed by atoms with Crippen LogP contribution in [0.1, 0.15) is 24.5 Å². The molecule has 1 fully saturated rings. The third-order valence-corrected chi connectivity index (χ3v) is 3.20. The predicted molar refractivity (Wildman–Crippen MR) is 61.4 cm³/mol. The molecule has 17 heavy (non-hydrogen) atoms. The Bertz CT molecular complexity index is 390. The van der Waals surface area contributed by atoms with Crippen molar-refractivity contribution in [1.82, 2.24) is 0 Å². The van der Waals surface area contributed by atoms with Gasteiger partial charge in [0.1, 0.15) is 6.10 Å². The summed E-state index contributed by atoms with van der Waals surface area (Å²) >= 11 is 0. The lowest BCUT2D eigenvalue weighted by Gasteiger charge is -2.22. The van der Waals surface area contributed by atoms with E-state index in [1.807, 2.05) is 0 Å². The Morgan fingerprint density at radius 1 is 1.35 bits per heavy atom. The molecule has 0 bridgehead atoms. The number of ether oxygens (including phenoxy) is 2. The topological polar surface area (TPSA) is 38.7 Å². The zero-order valence-electron chi connectivity index (χ0n) is 10.0. The first kappa shape index (κ1) is 12.3. The molecule has 3 nitrogen and oxygen atoms in total. The van der Waals surface area contributed by atoms with Crippen LogP contribution in [0, 0.1) is 11.7 Å². The minimum absolute atomic E-state index is 0.146. The third-order valence-electron chi connectivity index (χ3n) is 3.20. The second-order valence-corrected chi connectivity index (χ2v) is 4.35. The van der Waals surface area contributed by atoms with E-state index in [-0.39, 0.29) is 17.4 Å². The Hall–Kier alpha value is -1.13. The Morgan fingerprint density at radius 3 is 2.59 bits per heavy atom. The molecule has 4 heteroatoms. The fraction of sp³-hybridized carbons (Fsp3) is 0.538. The molecule has 1 saturated carbocycles. The summed E-state index contributed by atoms with van der Waals surface area (Å²) in [5, 5.41) is 10.2. The van der Waals surface area contributed by atoms with Gasteiger partial charge < -0.3 is 14.6 Å². The van der Waals surface area contributed by atoms with Crippen molar-refractivity contribution in [3.8, 4) is 5.75 Å². The number of aliphatic hydroxyl groups is 1. The summed E-state index contributed by atoms with van der Waals surface area (Å²) in [6.07, 6.45) is 0.779. The summed E-state index contributed by atoms with van der Waals surface area (Å²) in [7, 11) is 2.95. The minimum atomic E-state index is -0.942. The lowest BCUT2D eigenvalue weighted by atomic mass is 10.00. The van der Waals surface area contributed by atoms with Gasteiger partial charge in [-0.05, 0) is 24.8 Å². The molecule has 1 aliphatic rings. The molecule has 0 aromatic heterocycles. The van der Waals surface area contributed by atoms with Crippen LogP contribution >= 0.6 is 0 Å². The van der Waals surface area contributed by atoms with Crippen LogP contribution in [-0.4, -0.2) is 25.4 Å². The number of rotatable bonds is 5. The van der Waals surface area contributed by atoms with Crippen molar-refractivity contribution in [2.75, 3.05) is 14.2 Å². The molecule has 0 radical (unpaired) electrons. The molecule has 0 saturated heterocycles. The highest BCUT2D eigenvalue weighted by Gasteiger charge is 2.37. The van der Waals surface area contributed by atoms with Crippen molar-refractivity contribution in [1.29, 1.82) is 0 Å². The van der Waals surface area contributed by atoms with Gasteiger partial charge in [0.25, 0.3) is 0 Å². The van der Waals surface area contributed by atoms with Crippen molar-refractivity contribution in [3.05, 3.63) is 29.6 Å². The van der Waals surface area contributed by atoms with Gasteiger partial charge in [-0.15, -0.1) is 0 Å². The highest BCUT2D eigenvalue weighted by molar-refractivity contribution is 5.33. The molecule has 0 amide bonds. The molecule has 0 spiro atoms. The van der Waals surface area contributed by atoms with Crippen molar-refractivity contribution in [2.45, 2.75) is 25.0 Å². The Labute approximate surface area is 100 Å². The largest absolute Gasteiger partial charge is 0.494 e. The van der Waals surface area contributed by atoms with Crippen LogP contribution in [-0.2, 0) is 4.74 Å². The van der Waals surface area contributed by atoms with Gasteiger partial charge in [-0.1, -0.05) is 12.1 Å². The Balaban J connectivity index is 2.25. The van der Waals surface area contributed by atoms with Crippen LogP contribution in [0.4, 0.5) is 4.39 Å². The number of hydrogen-bond acceptors (Lipinski definition) is 3. The third kappa shape index (κ3) is 2.42. The van der Waals surface area contributed by atoms with Gasteiger partial charge in [0.2, 0.25) is 0 Å². The molecule has 2 rings (SSSR count). The highest BCUT2D eigenvalue weighted by atomic mass is 19.1. The van der Waals surface area contributed by atoms with Crippen molar-refractivity contribution in [3.63, 3.8) is 0 Å². The van der Waals surface area contributed by atoms with Crippen LogP contribution in [0.15, 0.2) is 18.2 Å². The number of halogens is 1. The molecular formula is C13H17FO3. The summed E-state index contributed by atoms with van der Waals surface area (Å²) in [6.45, 7) is 0. The minimum Gasteiger partial charge on any atom is -0.494 e. The molecule has 1 N–H and O–H groups in total. The van der Waals surface area contributed by atoms with Crippen LogP contribution in [0.2, 0.25) is 0 Å². The molecule has 2 atom stereocenters. The number of methoxy groups -OCH3 is 2. The first-order valence-electron chi connectivity index (χ1n) is 5.72. The quantitative estimate of drug-likeness (QED) is 0.858. The van der Waals surface area contributed by atoms with Gasteiger partial charge in [0.15, 0.2) is 11.6 Å².